The van der Waals surface area contributed by atoms with Gasteiger partial charge in [-0.1, -0.05) is 121 Å². The minimum absolute atomic E-state index is 0.0270. The number of hydrogen-bond acceptors (Lipinski definition) is 3. The van der Waals surface area contributed by atoms with E-state index in [1.54, 1.807) is 0 Å². The van der Waals surface area contributed by atoms with E-state index in [9.17, 15) is 0 Å². The van der Waals surface area contributed by atoms with Gasteiger partial charge < -0.3 is 18.2 Å². The molecular formula is C61H49BN2O2. The minimum Gasteiger partial charge on any atom is -0.456 e. The van der Waals surface area contributed by atoms with Crippen LogP contribution in [0, 0.1) is 0 Å². The summed E-state index contributed by atoms with van der Waals surface area (Å²) in [6.45, 7) is 16.6. The second-order valence-corrected chi connectivity index (χ2v) is 22.3. The van der Waals surface area contributed by atoms with Gasteiger partial charge in [-0.2, -0.15) is 0 Å². The summed E-state index contributed by atoms with van der Waals surface area (Å²) in [6.07, 6.45) is 3.35. The Balaban J connectivity index is 1.08. The zero-order valence-corrected chi connectivity index (χ0v) is 38.6. The second-order valence-electron chi connectivity index (χ2n) is 22.3. The lowest BCUT2D eigenvalue weighted by Gasteiger charge is -2.42. The van der Waals surface area contributed by atoms with E-state index in [0.717, 1.165) is 61.2 Å². The van der Waals surface area contributed by atoms with Gasteiger partial charge in [0.25, 0.3) is 0 Å². The molecular weight excluding hydrogens is 803 g/mol. The molecule has 3 aromatic heterocycles. The van der Waals surface area contributed by atoms with Crippen molar-refractivity contribution in [3.05, 3.63) is 161 Å². The fraction of sp³-hybridized carbons (Fsp3) is 0.213. The van der Waals surface area contributed by atoms with Crippen LogP contribution in [0.1, 0.15) is 89.1 Å². The van der Waals surface area contributed by atoms with Crippen LogP contribution >= 0.6 is 0 Å². The molecule has 66 heavy (non-hydrogen) atoms. The summed E-state index contributed by atoms with van der Waals surface area (Å²) >= 11 is 0. The average molecular weight is 853 g/mol. The Bertz CT molecular complexity index is 4020. The predicted molar refractivity (Wildman–Crippen MR) is 277 cm³/mol. The summed E-state index contributed by atoms with van der Waals surface area (Å²) in [4.78, 5) is 2.68. The van der Waals surface area contributed by atoms with E-state index >= 15 is 0 Å². The molecule has 0 saturated heterocycles. The van der Waals surface area contributed by atoms with Crippen LogP contribution < -0.4 is 15.7 Å². The Hall–Kier alpha value is -6.98. The van der Waals surface area contributed by atoms with Crippen molar-refractivity contribution < 1.29 is 8.83 Å². The summed E-state index contributed by atoms with van der Waals surface area (Å²) < 4.78 is 16.2. The molecule has 0 spiro atoms. The molecule has 0 unspecified atom stereocenters. The zero-order valence-electron chi connectivity index (χ0n) is 38.6. The van der Waals surface area contributed by atoms with E-state index in [1.165, 1.54) is 102 Å². The van der Waals surface area contributed by atoms with Gasteiger partial charge in [0.15, 0.2) is 0 Å². The molecule has 0 fully saturated rings. The van der Waals surface area contributed by atoms with Crippen LogP contribution in [0.4, 0.5) is 11.4 Å². The molecule has 4 aliphatic rings. The number of nitrogens with zero attached hydrogens (tertiary/aromatic N) is 2. The SMILES string of the molecule is CC(C)(C)c1ccc(N2B3c4cc5oc6ccccc6c5cc4-n4c5ccc6c7ccccc7oc6c5c5ccc(c3c54)-c3cc4c(cc32)Cc2cc3c(cc2-4)C(C)(C)CCC3(C)C)cc1. The van der Waals surface area contributed by atoms with Gasteiger partial charge in [-0.25, -0.2) is 0 Å². The molecule has 5 heterocycles. The van der Waals surface area contributed by atoms with Crippen molar-refractivity contribution in [1.82, 2.24) is 4.57 Å². The summed E-state index contributed by atoms with van der Waals surface area (Å²) in [6, 6.07) is 50.9. The van der Waals surface area contributed by atoms with Crippen molar-refractivity contribution >= 4 is 94.8 Å². The van der Waals surface area contributed by atoms with Crippen molar-refractivity contribution in [2.24, 2.45) is 0 Å². The number of anilines is 2. The highest BCUT2D eigenvalue weighted by atomic mass is 16.3. The number of rotatable bonds is 1. The van der Waals surface area contributed by atoms with Crippen LogP contribution in [0.2, 0.25) is 0 Å². The molecule has 8 aromatic carbocycles. The van der Waals surface area contributed by atoms with Gasteiger partial charge in [0.2, 0.25) is 0 Å². The molecule has 0 saturated carbocycles. The zero-order chi connectivity index (χ0) is 44.3. The molecule has 0 bridgehead atoms. The van der Waals surface area contributed by atoms with Crippen LogP contribution in [0.25, 0.3) is 93.6 Å². The first-order chi connectivity index (χ1) is 31.8. The molecule has 2 aliphatic carbocycles. The number of fused-ring (bicyclic) bond motifs is 19. The van der Waals surface area contributed by atoms with E-state index in [0.29, 0.717) is 0 Å². The van der Waals surface area contributed by atoms with Gasteiger partial charge in [-0.3, -0.25) is 0 Å². The van der Waals surface area contributed by atoms with Crippen molar-refractivity contribution in [3.63, 3.8) is 0 Å². The van der Waals surface area contributed by atoms with Gasteiger partial charge in [-0.15, -0.1) is 0 Å². The molecule has 0 radical (unpaired) electrons. The standard InChI is InChI=1S/C61H49BN2O2/c1-59(2,3)35-16-18-36(19-17-35)64-50-28-34-26-33-27-46-47(61(6,7)25-24-60(46,4)5)30-43(33)42(34)29-44(50)39-20-21-41-55-49(23-22-40-37-12-8-11-15-53(37)66-58(40)55)63-51-31-45-38-13-9-10-14-52(38)65-54(45)32-48(51)62(64)56(39)57(41)63/h8-23,27-32H,24-26H2,1-7H3. The molecule has 11 aromatic rings. The summed E-state index contributed by atoms with van der Waals surface area (Å²) in [5.41, 5.74) is 25.2. The van der Waals surface area contributed by atoms with E-state index in [4.69, 9.17) is 8.83 Å². The van der Waals surface area contributed by atoms with Crippen molar-refractivity contribution in [2.45, 2.75) is 84.0 Å². The second kappa shape index (κ2) is 12.1. The average Bonchev–Trinajstić information content (AvgIpc) is 4.06. The number of para-hydroxylation sites is 2. The molecule has 0 amide bonds. The van der Waals surface area contributed by atoms with E-state index in [1.807, 2.05) is 0 Å². The van der Waals surface area contributed by atoms with E-state index in [-0.39, 0.29) is 23.1 Å². The van der Waals surface area contributed by atoms with Gasteiger partial charge in [0, 0.05) is 49.6 Å². The van der Waals surface area contributed by atoms with Crippen molar-refractivity contribution in [2.75, 3.05) is 4.81 Å². The van der Waals surface area contributed by atoms with Crippen molar-refractivity contribution in [1.29, 1.82) is 0 Å². The maximum absolute atomic E-state index is 6.89. The molecule has 0 N–H and O–H groups in total. The number of aromatic nitrogens is 1. The molecule has 5 heteroatoms. The van der Waals surface area contributed by atoms with E-state index < -0.39 is 0 Å². The largest absolute Gasteiger partial charge is 0.456 e. The Kier molecular flexibility index (Phi) is 6.82. The Morgan fingerprint density at radius 3 is 1.97 bits per heavy atom. The maximum Gasteiger partial charge on any atom is 0.333 e. The fourth-order valence-electron chi connectivity index (χ4n) is 13.0. The number of furan rings is 2. The molecule has 2 aliphatic heterocycles. The quantitative estimate of drug-likeness (QED) is 0.154. The van der Waals surface area contributed by atoms with Crippen LogP contribution in [0.15, 0.2) is 142 Å². The van der Waals surface area contributed by atoms with Gasteiger partial charge in [0.05, 0.1) is 16.4 Å². The summed E-state index contributed by atoms with van der Waals surface area (Å²) in [7, 11) is 0. The van der Waals surface area contributed by atoms with Gasteiger partial charge >= 0.3 is 6.85 Å². The normalized spacial score (nSPS) is 16.4. The Labute approximate surface area is 384 Å². The summed E-state index contributed by atoms with van der Waals surface area (Å²) in [5, 5.41) is 6.94. The maximum atomic E-state index is 6.89. The number of benzene rings is 8. The molecule has 15 rings (SSSR count). The molecule has 4 nitrogen and oxygen atoms in total. The molecule has 318 valence electrons. The number of hydrogen-bond donors (Lipinski definition) is 0. The third-order valence-electron chi connectivity index (χ3n) is 16.6. The van der Waals surface area contributed by atoms with Crippen LogP contribution in [-0.4, -0.2) is 11.4 Å². The topological polar surface area (TPSA) is 34.5 Å². The lowest BCUT2D eigenvalue weighted by molar-refractivity contribution is 0.332. The first-order valence-corrected chi connectivity index (χ1v) is 23.9. The lowest BCUT2D eigenvalue weighted by atomic mass is 9.44. The smallest absolute Gasteiger partial charge is 0.333 e. The Morgan fingerprint density at radius 1 is 0.545 bits per heavy atom. The highest BCUT2D eigenvalue weighted by Crippen LogP contribution is 2.54. The van der Waals surface area contributed by atoms with E-state index in [2.05, 4.69) is 191 Å². The van der Waals surface area contributed by atoms with Crippen LogP contribution in [-0.2, 0) is 22.7 Å². The monoisotopic (exact) mass is 852 g/mol. The fourth-order valence-corrected chi connectivity index (χ4v) is 13.0. The third-order valence-corrected chi connectivity index (χ3v) is 16.6. The lowest BCUT2D eigenvalue weighted by Crippen LogP contribution is -2.60. The minimum atomic E-state index is -0.136. The molecule has 0 atom stereocenters. The third kappa shape index (κ3) is 4.66. The summed E-state index contributed by atoms with van der Waals surface area (Å²) in [5.74, 6) is 0. The Morgan fingerprint density at radius 2 is 1.21 bits per heavy atom. The van der Waals surface area contributed by atoms with Gasteiger partial charge in [0.1, 0.15) is 22.3 Å². The van der Waals surface area contributed by atoms with Crippen molar-refractivity contribution in [3.8, 4) is 27.9 Å². The van der Waals surface area contributed by atoms with Crippen LogP contribution in [0.3, 0.4) is 0 Å². The van der Waals surface area contributed by atoms with Gasteiger partial charge in [-0.05, 0) is 152 Å². The highest BCUT2D eigenvalue weighted by Gasteiger charge is 2.46. The highest BCUT2D eigenvalue weighted by molar-refractivity contribution is 6.94. The first-order valence-electron chi connectivity index (χ1n) is 23.9. The first kappa shape index (κ1) is 37.3. The van der Waals surface area contributed by atoms with Crippen LogP contribution in [0.5, 0.6) is 0 Å². The predicted octanol–water partition coefficient (Wildman–Crippen LogP) is 15.0.